The van der Waals surface area contributed by atoms with E-state index in [1.807, 2.05) is 56.5 Å². The smallest absolute Gasteiger partial charge is 0.308 e. The molecule has 4 heterocycles. The molecule has 1 atom stereocenters. The van der Waals surface area contributed by atoms with Crippen LogP contribution in [-0.2, 0) is 26.1 Å². The molecule has 3 N–H and O–H groups in total. The van der Waals surface area contributed by atoms with Gasteiger partial charge in [-0.3, -0.25) is 23.9 Å². The summed E-state index contributed by atoms with van der Waals surface area (Å²) in [5, 5.41) is 22.4. The summed E-state index contributed by atoms with van der Waals surface area (Å²) in [6.45, 7) is 7.82. The molecule has 0 unspecified atom stereocenters. The van der Waals surface area contributed by atoms with E-state index in [4.69, 9.17) is 9.73 Å². The van der Waals surface area contributed by atoms with Gasteiger partial charge in [0.1, 0.15) is 28.8 Å². The normalized spacial score (nSPS) is 13.5. The average molecular weight is 841 g/mol. The first-order valence-corrected chi connectivity index (χ1v) is 21.1. The summed E-state index contributed by atoms with van der Waals surface area (Å²) in [4.78, 5) is 34.8. The van der Waals surface area contributed by atoms with Gasteiger partial charge < -0.3 is 15.0 Å². The minimum Gasteiger partial charge on any atom is -0.469 e. The van der Waals surface area contributed by atoms with Crippen molar-refractivity contribution >= 4 is 55.5 Å². The number of nitrogens with one attached hydrogen (secondary N) is 3. The predicted octanol–water partition coefficient (Wildman–Crippen LogP) is 7.91. The largest absolute Gasteiger partial charge is 0.469 e. The van der Waals surface area contributed by atoms with E-state index < -0.39 is 33.8 Å². The Kier molecular flexibility index (Phi) is 10.4. The summed E-state index contributed by atoms with van der Waals surface area (Å²) in [6, 6.07) is 22.8. The molecule has 3 aromatic heterocycles. The molecule has 16 heteroatoms. The fraction of sp³-hybridized carbons (Fsp3) is 0.182. The molecule has 1 aliphatic rings. The summed E-state index contributed by atoms with van der Waals surface area (Å²) in [6.07, 6.45) is 1.52. The Morgan fingerprint density at radius 2 is 1.68 bits per heavy atom. The summed E-state index contributed by atoms with van der Waals surface area (Å²) in [5.74, 6) is -0.524. The van der Waals surface area contributed by atoms with Gasteiger partial charge in [-0.1, -0.05) is 48.5 Å². The van der Waals surface area contributed by atoms with Crippen LogP contribution in [0.25, 0.3) is 27.0 Å². The number of methoxy groups -OCH3 is 1. The number of H-pyrrole nitrogens is 1. The van der Waals surface area contributed by atoms with E-state index in [0.717, 1.165) is 32.1 Å². The van der Waals surface area contributed by atoms with Gasteiger partial charge in [0.25, 0.3) is 15.9 Å². The first-order valence-electron chi connectivity index (χ1n) is 18.8. The lowest BCUT2D eigenvalue weighted by Gasteiger charge is -2.12. The number of carbonyl (C=O) groups excluding carboxylic acids is 2. The topological polar surface area (TPSA) is 184 Å². The zero-order valence-corrected chi connectivity index (χ0v) is 34.7. The Hall–Kier alpha value is -6.96. The fourth-order valence-corrected chi connectivity index (χ4v) is 9.61. The number of aryl methyl sites for hydroxylation is 3. The fourth-order valence-electron chi connectivity index (χ4n) is 7.33. The van der Waals surface area contributed by atoms with Gasteiger partial charge in [0.2, 0.25) is 0 Å². The number of anilines is 1. The molecule has 302 valence electrons. The van der Waals surface area contributed by atoms with Crippen LogP contribution < -0.4 is 10.0 Å². The number of benzene rings is 4. The minimum atomic E-state index is -3.99. The van der Waals surface area contributed by atoms with Gasteiger partial charge in [-0.05, 0) is 85.8 Å². The van der Waals surface area contributed by atoms with Gasteiger partial charge in [-0.25, -0.2) is 12.8 Å². The lowest BCUT2D eigenvalue weighted by Crippen LogP contribution is -2.24. The third kappa shape index (κ3) is 7.22. The number of aromatic nitrogens is 4. The predicted molar refractivity (Wildman–Crippen MR) is 226 cm³/mol. The second kappa shape index (κ2) is 15.7. The van der Waals surface area contributed by atoms with Crippen LogP contribution in [0, 0.1) is 44.8 Å². The van der Waals surface area contributed by atoms with Crippen molar-refractivity contribution in [3.63, 3.8) is 0 Å². The number of carbonyl (C=O) groups is 2. The summed E-state index contributed by atoms with van der Waals surface area (Å²) in [7, 11) is -2.66. The highest BCUT2D eigenvalue weighted by Gasteiger charge is 2.32. The van der Waals surface area contributed by atoms with Gasteiger partial charge in [0, 0.05) is 34.1 Å². The quantitative estimate of drug-likeness (QED) is 0.116. The lowest BCUT2D eigenvalue weighted by atomic mass is 9.96. The van der Waals surface area contributed by atoms with Crippen molar-refractivity contribution in [3.8, 4) is 22.2 Å². The number of hydrogen-bond donors (Lipinski definition) is 3. The molecule has 8 rings (SSSR count). The van der Waals surface area contributed by atoms with Gasteiger partial charge >= 0.3 is 5.97 Å². The highest BCUT2D eigenvalue weighted by molar-refractivity contribution is 7.92. The van der Waals surface area contributed by atoms with Gasteiger partial charge in [-0.2, -0.15) is 5.26 Å². The average Bonchev–Trinajstić information content (AvgIpc) is 3.92. The molecule has 4 aromatic carbocycles. The number of thiophene rings is 1. The number of ether oxygens (including phenoxy) is 1. The molecular formula is C44H37FN8O5S2. The van der Waals surface area contributed by atoms with Crippen molar-refractivity contribution in [2.75, 3.05) is 11.8 Å². The summed E-state index contributed by atoms with van der Waals surface area (Å²) >= 11 is 1.61. The molecule has 0 saturated heterocycles. The van der Waals surface area contributed by atoms with Gasteiger partial charge in [0.15, 0.2) is 5.82 Å². The molecule has 0 bridgehead atoms. The van der Waals surface area contributed by atoms with Crippen LogP contribution >= 0.6 is 11.3 Å². The molecule has 0 radical (unpaired) electrons. The van der Waals surface area contributed by atoms with Crippen LogP contribution in [-0.4, -0.2) is 52.9 Å². The third-order valence-electron chi connectivity index (χ3n) is 10.6. The number of nitriles is 1. The second-order valence-corrected chi connectivity index (χ2v) is 17.3. The molecule has 0 spiro atoms. The molecule has 60 heavy (non-hydrogen) atoms. The number of amides is 1. The minimum absolute atomic E-state index is 0.000216. The lowest BCUT2D eigenvalue weighted by molar-refractivity contribution is -0.141. The number of aliphatic imine (C=N–C) groups is 1. The van der Waals surface area contributed by atoms with Crippen LogP contribution in [0.5, 0.6) is 0 Å². The van der Waals surface area contributed by atoms with Crippen molar-refractivity contribution in [2.45, 2.75) is 51.6 Å². The maximum absolute atomic E-state index is 15.5. The van der Waals surface area contributed by atoms with Crippen molar-refractivity contribution in [3.05, 3.63) is 146 Å². The van der Waals surface area contributed by atoms with Gasteiger partial charge in [-0.15, -0.1) is 21.5 Å². The van der Waals surface area contributed by atoms with Crippen LogP contribution in [0.3, 0.4) is 0 Å². The zero-order valence-electron chi connectivity index (χ0n) is 33.0. The van der Waals surface area contributed by atoms with Crippen LogP contribution in [0.2, 0.25) is 0 Å². The van der Waals surface area contributed by atoms with E-state index in [9.17, 15) is 23.3 Å². The van der Waals surface area contributed by atoms with Crippen LogP contribution in [0.1, 0.15) is 72.7 Å². The second-order valence-electron chi connectivity index (χ2n) is 14.4. The number of fused-ring (bicyclic) bond motifs is 4. The Morgan fingerprint density at radius 1 is 0.967 bits per heavy atom. The number of esters is 1. The molecule has 1 aliphatic heterocycles. The highest BCUT2D eigenvalue weighted by Crippen LogP contribution is 2.40. The van der Waals surface area contributed by atoms with E-state index in [2.05, 4.69) is 31.3 Å². The molecule has 7 aromatic rings. The Morgan fingerprint density at radius 3 is 2.38 bits per heavy atom. The number of nitrogens with zero attached hydrogens (tertiary/aromatic N) is 5. The van der Waals surface area contributed by atoms with Crippen molar-refractivity contribution in [1.29, 1.82) is 5.26 Å². The molecule has 0 saturated carbocycles. The maximum atomic E-state index is 15.5. The van der Waals surface area contributed by atoms with Crippen LogP contribution in [0.4, 0.5) is 10.1 Å². The number of sulfonamides is 1. The van der Waals surface area contributed by atoms with E-state index in [0.29, 0.717) is 56.2 Å². The van der Waals surface area contributed by atoms with Gasteiger partial charge in [0.05, 0.1) is 46.5 Å². The van der Waals surface area contributed by atoms with Crippen molar-refractivity contribution in [2.24, 2.45) is 4.99 Å². The van der Waals surface area contributed by atoms with E-state index in [-0.39, 0.29) is 23.4 Å². The molecule has 13 nitrogen and oxygen atoms in total. The third-order valence-corrected chi connectivity index (χ3v) is 13.2. The first kappa shape index (κ1) is 39.8. The number of halogens is 1. The molecule has 0 fully saturated rings. The first-order chi connectivity index (χ1) is 28.8. The summed E-state index contributed by atoms with van der Waals surface area (Å²) in [5.41, 5.74) is 7.27. The Bertz CT molecular complexity index is 3050. The van der Waals surface area contributed by atoms with Crippen molar-refractivity contribution < 1.29 is 27.1 Å². The molecular weight excluding hydrogens is 804 g/mol. The zero-order chi connectivity index (χ0) is 42.5. The van der Waals surface area contributed by atoms with Crippen molar-refractivity contribution in [1.82, 2.24) is 25.1 Å². The Labute approximate surface area is 348 Å². The number of hydrogen-bond acceptors (Lipinski definition) is 10. The monoisotopic (exact) mass is 840 g/mol. The van der Waals surface area contributed by atoms with E-state index in [1.165, 1.54) is 37.6 Å². The Balaban J connectivity index is 0.964. The van der Waals surface area contributed by atoms with Crippen LogP contribution in [0.15, 0.2) is 94.9 Å². The van der Waals surface area contributed by atoms with E-state index >= 15 is 4.39 Å². The standard InChI is InChI=1S/C44H37FN8O5S2/c1-23-6-17-35(41-38(23)31(20-46)22-47-41)52-60(56,57)32-14-7-27(8-15-32)21-48-43(55)33-16-13-30(18-34(33)45)28-9-11-29(12-10-28)40-39-24(2)25(3)59-44(39)53-26(4)50-51-42(53)36(49-40)19-37(54)58-5/h6-18,22,36,47,52H,19,21H2,1-5H3,(H,48,55)/t36-/m0/s1. The number of aromatic amines is 1. The maximum Gasteiger partial charge on any atom is 0.308 e. The molecule has 1 amide bonds. The molecule has 0 aliphatic carbocycles. The highest BCUT2D eigenvalue weighted by atomic mass is 32.2. The summed E-state index contributed by atoms with van der Waals surface area (Å²) < 4.78 is 51.6. The SMILES string of the molecule is COC(=O)C[C@@H]1N=C(c2ccc(-c3ccc(C(=O)NCc4ccc(S(=O)(=O)Nc5ccc(C)c6c(C#N)c[nH]c56)cc4)c(F)c3)cc2)c2c(sc(C)c2C)-n2c(C)nnc21. The number of rotatable bonds is 10. The van der Waals surface area contributed by atoms with E-state index in [1.54, 1.807) is 41.7 Å².